The van der Waals surface area contributed by atoms with Crippen LogP contribution in [0.15, 0.2) is 41.1 Å². The summed E-state index contributed by atoms with van der Waals surface area (Å²) in [7, 11) is 0. The second kappa shape index (κ2) is 6.51. The van der Waals surface area contributed by atoms with Crippen LogP contribution >= 0.6 is 15.9 Å². The van der Waals surface area contributed by atoms with Crippen molar-refractivity contribution in [1.29, 1.82) is 0 Å². The number of aromatic amines is 1. The molecule has 0 bridgehead atoms. The molecule has 0 saturated heterocycles. The molecule has 0 fully saturated rings. The summed E-state index contributed by atoms with van der Waals surface area (Å²) >= 11 is 3.11. The van der Waals surface area contributed by atoms with Crippen LogP contribution in [0.4, 0.5) is 22.0 Å². The van der Waals surface area contributed by atoms with Crippen LogP contribution < -0.4 is 0 Å². The second-order valence-corrected chi connectivity index (χ2v) is 5.76. The van der Waals surface area contributed by atoms with Gasteiger partial charge >= 0.3 is 6.18 Å². The highest BCUT2D eigenvalue weighted by Gasteiger charge is 2.30. The standard InChI is InChI=1S/C15H8BrF5N4/c16-11-6-22-13(25-11)14-23-9(5-10(24-14)12(17)18)7-1-3-8(4-2-7)15(19,20)21/h1-6,12H,(H,22,25). The van der Waals surface area contributed by atoms with Crippen molar-refractivity contribution in [2.45, 2.75) is 12.6 Å². The topological polar surface area (TPSA) is 54.5 Å². The van der Waals surface area contributed by atoms with E-state index in [0.29, 0.717) is 4.60 Å². The summed E-state index contributed by atoms with van der Waals surface area (Å²) in [6, 6.07) is 5.10. The van der Waals surface area contributed by atoms with Crippen molar-refractivity contribution in [3.63, 3.8) is 0 Å². The highest BCUT2D eigenvalue weighted by atomic mass is 79.9. The zero-order chi connectivity index (χ0) is 18.2. The lowest BCUT2D eigenvalue weighted by atomic mass is 10.1. The molecule has 2 aromatic heterocycles. The molecule has 0 aliphatic heterocycles. The Morgan fingerprint density at radius 1 is 1.00 bits per heavy atom. The predicted octanol–water partition coefficient (Wildman–Crippen LogP) is 5.25. The molecule has 3 aromatic rings. The summed E-state index contributed by atoms with van der Waals surface area (Å²) in [5, 5.41) is 0. The number of alkyl halides is 5. The van der Waals surface area contributed by atoms with Crippen molar-refractivity contribution in [1.82, 2.24) is 19.9 Å². The van der Waals surface area contributed by atoms with Gasteiger partial charge in [-0.25, -0.2) is 23.7 Å². The smallest absolute Gasteiger partial charge is 0.341 e. The quantitative estimate of drug-likeness (QED) is 0.590. The molecule has 0 aliphatic carbocycles. The molecular formula is C15H8BrF5N4. The van der Waals surface area contributed by atoms with E-state index in [9.17, 15) is 22.0 Å². The molecule has 2 heterocycles. The largest absolute Gasteiger partial charge is 0.416 e. The van der Waals surface area contributed by atoms with Gasteiger partial charge in [0, 0.05) is 11.8 Å². The van der Waals surface area contributed by atoms with Crippen LogP contribution in [0.5, 0.6) is 0 Å². The van der Waals surface area contributed by atoms with Gasteiger partial charge in [0.2, 0.25) is 0 Å². The molecule has 4 nitrogen and oxygen atoms in total. The number of nitrogens with one attached hydrogen (secondary N) is 1. The SMILES string of the molecule is FC(F)c1cc(-c2ccc(C(F)(F)F)cc2)nc(-c2nc(Br)c[nH]2)n1. The van der Waals surface area contributed by atoms with Gasteiger partial charge in [-0.1, -0.05) is 12.1 Å². The van der Waals surface area contributed by atoms with E-state index >= 15 is 0 Å². The summed E-state index contributed by atoms with van der Waals surface area (Å²) in [5.41, 5.74) is -1.06. The number of imidazole rings is 1. The first kappa shape index (κ1) is 17.5. The first-order valence-corrected chi connectivity index (χ1v) is 7.59. The summed E-state index contributed by atoms with van der Waals surface area (Å²) in [6.45, 7) is 0. The highest BCUT2D eigenvalue weighted by Crippen LogP contribution is 2.31. The number of hydrogen-bond donors (Lipinski definition) is 1. The number of hydrogen-bond acceptors (Lipinski definition) is 3. The Morgan fingerprint density at radius 3 is 2.20 bits per heavy atom. The van der Waals surface area contributed by atoms with Gasteiger partial charge in [-0.05, 0) is 34.1 Å². The van der Waals surface area contributed by atoms with Gasteiger partial charge in [-0.3, -0.25) is 0 Å². The average molecular weight is 419 g/mol. The molecular weight excluding hydrogens is 411 g/mol. The van der Waals surface area contributed by atoms with E-state index in [-0.39, 0.29) is 22.9 Å². The normalized spacial score (nSPS) is 12.0. The number of rotatable bonds is 3. The summed E-state index contributed by atoms with van der Waals surface area (Å²) in [6.07, 6.45) is -5.87. The Bertz CT molecular complexity index is 890. The number of H-pyrrole nitrogens is 1. The molecule has 0 amide bonds. The van der Waals surface area contributed by atoms with E-state index < -0.39 is 23.9 Å². The first-order chi connectivity index (χ1) is 11.7. The van der Waals surface area contributed by atoms with Crippen LogP contribution in [0.25, 0.3) is 22.9 Å². The van der Waals surface area contributed by atoms with Gasteiger partial charge in [-0.2, -0.15) is 13.2 Å². The number of nitrogens with zero attached hydrogens (tertiary/aromatic N) is 3. The molecule has 10 heteroatoms. The van der Waals surface area contributed by atoms with Gasteiger partial charge in [0.25, 0.3) is 6.43 Å². The second-order valence-electron chi connectivity index (χ2n) is 4.95. The first-order valence-electron chi connectivity index (χ1n) is 6.80. The van der Waals surface area contributed by atoms with Crippen LogP contribution in [-0.2, 0) is 6.18 Å². The van der Waals surface area contributed by atoms with Crippen molar-refractivity contribution in [2.75, 3.05) is 0 Å². The molecule has 1 aromatic carbocycles. The van der Waals surface area contributed by atoms with E-state index in [1.807, 2.05) is 0 Å². The fraction of sp³-hybridized carbons (Fsp3) is 0.133. The maximum atomic E-state index is 13.1. The fourth-order valence-electron chi connectivity index (χ4n) is 2.08. The van der Waals surface area contributed by atoms with Crippen molar-refractivity contribution >= 4 is 15.9 Å². The lowest BCUT2D eigenvalue weighted by molar-refractivity contribution is -0.137. The predicted molar refractivity (Wildman–Crippen MR) is 82.7 cm³/mol. The van der Waals surface area contributed by atoms with E-state index in [2.05, 4.69) is 35.9 Å². The van der Waals surface area contributed by atoms with Crippen LogP contribution in [0.3, 0.4) is 0 Å². The van der Waals surface area contributed by atoms with Gasteiger partial charge in [0.15, 0.2) is 11.6 Å². The van der Waals surface area contributed by atoms with Gasteiger partial charge in [0.05, 0.1) is 11.3 Å². The van der Waals surface area contributed by atoms with Crippen molar-refractivity contribution in [3.8, 4) is 22.9 Å². The number of halogens is 6. The molecule has 0 aliphatic rings. The number of benzene rings is 1. The van der Waals surface area contributed by atoms with Crippen molar-refractivity contribution < 1.29 is 22.0 Å². The van der Waals surface area contributed by atoms with Crippen LogP contribution in [0.2, 0.25) is 0 Å². The van der Waals surface area contributed by atoms with E-state index in [4.69, 9.17) is 0 Å². The Labute approximate surface area is 146 Å². The van der Waals surface area contributed by atoms with Crippen molar-refractivity contribution in [3.05, 3.63) is 52.4 Å². The molecule has 0 unspecified atom stereocenters. The molecule has 0 radical (unpaired) electrons. The molecule has 25 heavy (non-hydrogen) atoms. The average Bonchev–Trinajstić information content (AvgIpc) is 3.00. The summed E-state index contributed by atoms with van der Waals surface area (Å²) in [5.74, 6) is 0.0703. The lowest BCUT2D eigenvalue weighted by Gasteiger charge is -2.09. The Kier molecular flexibility index (Phi) is 4.55. The molecule has 1 N–H and O–H groups in total. The third kappa shape index (κ3) is 3.84. The third-order valence-corrected chi connectivity index (χ3v) is 3.64. The van der Waals surface area contributed by atoms with E-state index in [1.165, 1.54) is 18.3 Å². The van der Waals surface area contributed by atoms with Crippen LogP contribution in [-0.4, -0.2) is 19.9 Å². The minimum Gasteiger partial charge on any atom is -0.341 e. The Balaban J connectivity index is 2.07. The maximum Gasteiger partial charge on any atom is 0.416 e. The lowest BCUT2D eigenvalue weighted by Crippen LogP contribution is -2.04. The van der Waals surface area contributed by atoms with Crippen LogP contribution in [0, 0.1) is 0 Å². The molecule has 3 rings (SSSR count). The minimum absolute atomic E-state index is 0.0709. The monoisotopic (exact) mass is 418 g/mol. The van der Waals surface area contributed by atoms with Gasteiger partial charge in [-0.15, -0.1) is 0 Å². The third-order valence-electron chi connectivity index (χ3n) is 3.24. The van der Waals surface area contributed by atoms with E-state index in [0.717, 1.165) is 18.2 Å². The van der Waals surface area contributed by atoms with Crippen LogP contribution in [0.1, 0.15) is 17.7 Å². The Hall–Kier alpha value is -2.36. The van der Waals surface area contributed by atoms with Crippen molar-refractivity contribution in [2.24, 2.45) is 0 Å². The molecule has 130 valence electrons. The van der Waals surface area contributed by atoms with E-state index in [1.54, 1.807) is 0 Å². The highest BCUT2D eigenvalue weighted by molar-refractivity contribution is 9.10. The molecule has 0 spiro atoms. The maximum absolute atomic E-state index is 13.1. The summed E-state index contributed by atoms with van der Waals surface area (Å²) in [4.78, 5) is 14.6. The minimum atomic E-state index is -4.48. The zero-order valence-electron chi connectivity index (χ0n) is 12.2. The Morgan fingerprint density at radius 2 is 1.68 bits per heavy atom. The number of aromatic nitrogens is 4. The fourth-order valence-corrected chi connectivity index (χ4v) is 2.37. The molecule has 0 saturated carbocycles. The van der Waals surface area contributed by atoms with Gasteiger partial charge in [0.1, 0.15) is 10.3 Å². The molecule has 0 atom stereocenters. The zero-order valence-corrected chi connectivity index (χ0v) is 13.7. The van der Waals surface area contributed by atoms with Gasteiger partial charge < -0.3 is 4.98 Å². The summed E-state index contributed by atoms with van der Waals surface area (Å²) < 4.78 is 64.6.